The van der Waals surface area contributed by atoms with E-state index < -0.39 is 23.6 Å². The Morgan fingerprint density at radius 3 is 2.36 bits per heavy atom. The molecule has 0 atom stereocenters. The molecule has 0 saturated heterocycles. The highest BCUT2D eigenvalue weighted by Crippen LogP contribution is 2.39. The highest BCUT2D eigenvalue weighted by Gasteiger charge is 2.25. The van der Waals surface area contributed by atoms with Crippen molar-refractivity contribution >= 4 is 0 Å². The van der Waals surface area contributed by atoms with Gasteiger partial charge in [-0.25, -0.2) is 4.39 Å². The second-order valence-electron chi connectivity index (χ2n) is 2.78. The highest BCUT2D eigenvalue weighted by atomic mass is 19.2. The Labute approximate surface area is 77.6 Å². The quantitative estimate of drug-likeness (QED) is 0.643. The monoisotopic (exact) mass is 202 g/mol. The largest absolute Gasteiger partial charge is 0.423 e. The normalized spacial score (nSPS) is 14.6. The molecule has 0 bridgehead atoms. The van der Waals surface area contributed by atoms with Crippen molar-refractivity contribution in [2.75, 3.05) is 0 Å². The van der Waals surface area contributed by atoms with Crippen LogP contribution >= 0.6 is 0 Å². The van der Waals surface area contributed by atoms with E-state index in [4.69, 9.17) is 0 Å². The van der Waals surface area contributed by atoms with Crippen molar-refractivity contribution in [2.24, 2.45) is 0 Å². The van der Waals surface area contributed by atoms with Crippen LogP contribution in [0.25, 0.3) is 0 Å². The van der Waals surface area contributed by atoms with Crippen LogP contribution in [0, 0.1) is 12.7 Å². The third-order valence-electron chi connectivity index (χ3n) is 1.80. The van der Waals surface area contributed by atoms with Gasteiger partial charge >= 0.3 is 12.0 Å². The SMILES string of the molecule is Cc1ccc2c(c1F)OC(F)=C(F)O2. The van der Waals surface area contributed by atoms with Gasteiger partial charge in [-0.15, -0.1) is 0 Å². The van der Waals surface area contributed by atoms with Gasteiger partial charge in [0.2, 0.25) is 5.75 Å². The summed E-state index contributed by atoms with van der Waals surface area (Å²) < 4.78 is 47.0. The van der Waals surface area contributed by atoms with Crippen molar-refractivity contribution in [1.82, 2.24) is 0 Å². The molecule has 0 amide bonds. The maximum atomic E-state index is 13.3. The van der Waals surface area contributed by atoms with Crippen LogP contribution in [-0.2, 0) is 0 Å². The Bertz CT molecular complexity index is 426. The minimum absolute atomic E-state index is 0.174. The van der Waals surface area contributed by atoms with Crippen LogP contribution in [0.15, 0.2) is 24.2 Å². The Hall–Kier alpha value is -1.65. The van der Waals surface area contributed by atoms with Crippen molar-refractivity contribution in [3.05, 3.63) is 35.5 Å². The van der Waals surface area contributed by atoms with Crippen molar-refractivity contribution in [3.8, 4) is 11.5 Å². The van der Waals surface area contributed by atoms with Gasteiger partial charge in [0.05, 0.1) is 0 Å². The van der Waals surface area contributed by atoms with Crippen LogP contribution in [0.3, 0.4) is 0 Å². The van der Waals surface area contributed by atoms with Gasteiger partial charge in [0.1, 0.15) is 0 Å². The second kappa shape index (κ2) is 2.94. The van der Waals surface area contributed by atoms with Gasteiger partial charge in [-0.1, -0.05) is 6.07 Å². The Balaban J connectivity index is 2.54. The summed E-state index contributed by atoms with van der Waals surface area (Å²) in [6.45, 7) is 1.48. The molecule has 1 aliphatic rings. The molecule has 0 aromatic heterocycles. The first-order valence-corrected chi connectivity index (χ1v) is 3.79. The smallest absolute Gasteiger partial charge is 0.352 e. The van der Waals surface area contributed by atoms with Gasteiger partial charge in [0, 0.05) is 0 Å². The molecule has 1 aromatic carbocycles. The van der Waals surface area contributed by atoms with Gasteiger partial charge in [-0.2, -0.15) is 8.78 Å². The third-order valence-corrected chi connectivity index (χ3v) is 1.80. The van der Waals surface area contributed by atoms with E-state index in [1.165, 1.54) is 19.1 Å². The van der Waals surface area contributed by atoms with E-state index in [9.17, 15) is 13.2 Å². The van der Waals surface area contributed by atoms with Crippen LogP contribution < -0.4 is 9.47 Å². The van der Waals surface area contributed by atoms with Gasteiger partial charge < -0.3 is 9.47 Å². The summed E-state index contributed by atoms with van der Waals surface area (Å²) in [6.07, 6.45) is 0. The zero-order valence-electron chi connectivity index (χ0n) is 7.11. The maximum absolute atomic E-state index is 13.3. The number of hydrogen-bond donors (Lipinski definition) is 0. The number of benzene rings is 1. The standard InChI is InChI=1S/C9H5F3O2/c1-4-2-3-5-7(6(4)10)14-9(12)8(11)13-5/h2-3H,1H3. The van der Waals surface area contributed by atoms with E-state index >= 15 is 0 Å². The van der Waals surface area contributed by atoms with Crippen LogP contribution in [0.4, 0.5) is 13.2 Å². The van der Waals surface area contributed by atoms with Crippen molar-refractivity contribution in [1.29, 1.82) is 0 Å². The molecule has 14 heavy (non-hydrogen) atoms. The van der Waals surface area contributed by atoms with E-state index in [1.807, 2.05) is 0 Å². The van der Waals surface area contributed by atoms with E-state index in [2.05, 4.69) is 9.47 Å². The fraction of sp³-hybridized carbons (Fsp3) is 0.111. The number of fused-ring (bicyclic) bond motifs is 1. The molecule has 0 saturated carbocycles. The molecular formula is C9H5F3O2. The van der Waals surface area contributed by atoms with Crippen LogP contribution in [-0.4, -0.2) is 0 Å². The molecule has 2 rings (SSSR count). The summed E-state index contributed by atoms with van der Waals surface area (Å²) in [6, 6.07) is -0.379. The topological polar surface area (TPSA) is 18.5 Å². The average molecular weight is 202 g/mol. The predicted octanol–water partition coefficient (Wildman–Crippen LogP) is 2.97. The molecule has 5 heteroatoms. The lowest BCUT2D eigenvalue weighted by atomic mass is 10.2. The first-order chi connectivity index (χ1) is 6.59. The zero-order chi connectivity index (χ0) is 10.3. The fourth-order valence-electron chi connectivity index (χ4n) is 1.08. The molecule has 1 aromatic rings. The van der Waals surface area contributed by atoms with E-state index in [1.54, 1.807) is 0 Å². The zero-order valence-corrected chi connectivity index (χ0v) is 7.11. The first-order valence-electron chi connectivity index (χ1n) is 3.79. The van der Waals surface area contributed by atoms with E-state index in [0.29, 0.717) is 0 Å². The van der Waals surface area contributed by atoms with Gasteiger partial charge in [0.25, 0.3) is 0 Å². The van der Waals surface area contributed by atoms with E-state index in [0.717, 1.165) is 0 Å². The van der Waals surface area contributed by atoms with Gasteiger partial charge in [-0.05, 0) is 18.6 Å². The number of hydrogen-bond acceptors (Lipinski definition) is 2. The molecule has 0 radical (unpaired) electrons. The average Bonchev–Trinajstić information content (AvgIpc) is 2.15. The fourth-order valence-corrected chi connectivity index (χ4v) is 1.08. The molecule has 0 N–H and O–H groups in total. The summed E-state index contributed by atoms with van der Waals surface area (Å²) >= 11 is 0. The van der Waals surface area contributed by atoms with Crippen molar-refractivity contribution < 1.29 is 22.6 Å². The molecule has 0 fully saturated rings. The summed E-state index contributed by atoms with van der Waals surface area (Å²) in [5, 5.41) is 0. The molecule has 0 aliphatic carbocycles. The molecule has 74 valence electrons. The van der Waals surface area contributed by atoms with Crippen molar-refractivity contribution in [3.63, 3.8) is 0 Å². The van der Waals surface area contributed by atoms with Gasteiger partial charge in [-0.3, -0.25) is 0 Å². The summed E-state index contributed by atoms with van der Waals surface area (Å²) in [7, 11) is 0. The lowest BCUT2D eigenvalue weighted by Gasteiger charge is -2.16. The van der Waals surface area contributed by atoms with Crippen molar-refractivity contribution in [2.45, 2.75) is 6.92 Å². The third kappa shape index (κ3) is 1.21. The molecule has 1 heterocycles. The number of ether oxygens (including phenoxy) is 2. The Morgan fingerprint density at radius 2 is 1.64 bits per heavy atom. The van der Waals surface area contributed by atoms with Crippen LogP contribution in [0.2, 0.25) is 0 Å². The van der Waals surface area contributed by atoms with Gasteiger partial charge in [0.15, 0.2) is 11.6 Å². The molecule has 0 spiro atoms. The second-order valence-corrected chi connectivity index (χ2v) is 2.78. The molecule has 2 nitrogen and oxygen atoms in total. The molecular weight excluding hydrogens is 197 g/mol. The van der Waals surface area contributed by atoms with E-state index in [-0.39, 0.29) is 11.3 Å². The molecule has 1 aliphatic heterocycles. The summed E-state index contributed by atoms with van der Waals surface area (Å²) in [4.78, 5) is 0. The lowest BCUT2D eigenvalue weighted by molar-refractivity contribution is 0.163. The van der Waals surface area contributed by atoms with Crippen LogP contribution in [0.1, 0.15) is 5.56 Å². The predicted molar refractivity (Wildman–Crippen MR) is 41.6 cm³/mol. The lowest BCUT2D eigenvalue weighted by Crippen LogP contribution is -2.08. The Morgan fingerprint density at radius 1 is 1.00 bits per heavy atom. The highest BCUT2D eigenvalue weighted by molar-refractivity contribution is 5.46. The van der Waals surface area contributed by atoms with Crippen LogP contribution in [0.5, 0.6) is 11.5 Å². The minimum atomic E-state index is -1.57. The summed E-state index contributed by atoms with van der Waals surface area (Å²) in [5.41, 5.74) is 0.266. The summed E-state index contributed by atoms with van der Waals surface area (Å²) in [5.74, 6) is -1.36. The number of halogens is 3. The molecule has 0 unspecified atom stereocenters. The first kappa shape index (κ1) is 8.93. The minimum Gasteiger partial charge on any atom is -0.423 e. The Kier molecular flexibility index (Phi) is 1.87. The number of rotatable bonds is 0. The number of aryl methyl sites for hydroxylation is 1. The maximum Gasteiger partial charge on any atom is 0.352 e.